The normalized spacial score (nSPS) is 11.2. The standard InChI is InChI=1S/C28H19N3/c1-2-10-24(11-3-1)31-26-14-13-21-7-4-5-12-25(21)27(26)28(30-31)23-9-6-8-22(19-23)20-15-17-29-18-16-20/h1-19H. The quantitative estimate of drug-likeness (QED) is 0.325. The maximum absolute atomic E-state index is 5.12. The number of aromatic nitrogens is 3. The molecule has 31 heavy (non-hydrogen) atoms. The van der Waals surface area contributed by atoms with Crippen molar-refractivity contribution in [3.63, 3.8) is 0 Å². The van der Waals surface area contributed by atoms with E-state index in [9.17, 15) is 0 Å². The summed E-state index contributed by atoms with van der Waals surface area (Å²) in [5, 5.41) is 8.73. The van der Waals surface area contributed by atoms with Gasteiger partial charge < -0.3 is 0 Å². The Hall–Kier alpha value is -4.24. The van der Waals surface area contributed by atoms with Gasteiger partial charge in [0.2, 0.25) is 0 Å². The summed E-state index contributed by atoms with van der Waals surface area (Å²) in [6.07, 6.45) is 3.66. The number of hydrogen-bond acceptors (Lipinski definition) is 2. The van der Waals surface area contributed by atoms with Crippen LogP contribution < -0.4 is 0 Å². The second-order valence-electron chi connectivity index (χ2n) is 7.59. The molecule has 0 aliphatic heterocycles. The van der Waals surface area contributed by atoms with Gasteiger partial charge in [0.25, 0.3) is 0 Å². The number of pyridine rings is 1. The van der Waals surface area contributed by atoms with E-state index >= 15 is 0 Å². The molecular weight excluding hydrogens is 378 g/mol. The molecule has 2 aromatic heterocycles. The molecule has 0 N–H and O–H groups in total. The summed E-state index contributed by atoms with van der Waals surface area (Å²) in [4.78, 5) is 4.15. The van der Waals surface area contributed by atoms with Crippen LogP contribution in [0.2, 0.25) is 0 Å². The second kappa shape index (κ2) is 7.22. The van der Waals surface area contributed by atoms with Crippen LogP contribution in [0.5, 0.6) is 0 Å². The predicted molar refractivity (Wildman–Crippen MR) is 127 cm³/mol. The Balaban J connectivity index is 1.66. The Morgan fingerprint density at radius 2 is 1.35 bits per heavy atom. The lowest BCUT2D eigenvalue weighted by molar-refractivity contribution is 0.915. The highest BCUT2D eigenvalue weighted by molar-refractivity contribution is 6.13. The zero-order valence-electron chi connectivity index (χ0n) is 16.8. The first-order valence-electron chi connectivity index (χ1n) is 10.4. The summed E-state index contributed by atoms with van der Waals surface area (Å²) < 4.78 is 2.05. The summed E-state index contributed by atoms with van der Waals surface area (Å²) in [7, 11) is 0. The van der Waals surface area contributed by atoms with Crippen molar-refractivity contribution in [2.24, 2.45) is 0 Å². The molecule has 146 valence electrons. The van der Waals surface area contributed by atoms with Gasteiger partial charge in [-0.3, -0.25) is 4.98 Å². The minimum atomic E-state index is 0.992. The largest absolute Gasteiger partial charge is 0.265 e. The van der Waals surface area contributed by atoms with E-state index in [1.54, 1.807) is 0 Å². The molecule has 3 nitrogen and oxygen atoms in total. The van der Waals surface area contributed by atoms with Gasteiger partial charge in [0.15, 0.2) is 0 Å². The Morgan fingerprint density at radius 1 is 0.581 bits per heavy atom. The fourth-order valence-corrected chi connectivity index (χ4v) is 4.25. The molecule has 6 rings (SSSR count). The summed E-state index contributed by atoms with van der Waals surface area (Å²) in [5.41, 5.74) is 6.56. The average Bonchev–Trinajstić information content (AvgIpc) is 3.26. The van der Waals surface area contributed by atoms with Crippen LogP contribution in [0.3, 0.4) is 0 Å². The van der Waals surface area contributed by atoms with E-state index in [0.717, 1.165) is 33.6 Å². The van der Waals surface area contributed by atoms with Crippen molar-refractivity contribution in [3.8, 4) is 28.1 Å². The smallest absolute Gasteiger partial charge is 0.101 e. The van der Waals surface area contributed by atoms with Crippen LogP contribution in [0.4, 0.5) is 0 Å². The Bertz CT molecular complexity index is 1520. The summed E-state index contributed by atoms with van der Waals surface area (Å²) in [5.74, 6) is 0. The van der Waals surface area contributed by atoms with Crippen LogP contribution in [-0.2, 0) is 0 Å². The van der Waals surface area contributed by atoms with Gasteiger partial charge >= 0.3 is 0 Å². The monoisotopic (exact) mass is 397 g/mol. The second-order valence-corrected chi connectivity index (χ2v) is 7.59. The van der Waals surface area contributed by atoms with E-state index in [-0.39, 0.29) is 0 Å². The Kier molecular flexibility index (Phi) is 4.10. The number of nitrogens with zero attached hydrogens (tertiary/aromatic N) is 3. The van der Waals surface area contributed by atoms with Gasteiger partial charge in [0.1, 0.15) is 5.69 Å². The van der Waals surface area contributed by atoms with E-state index in [0.29, 0.717) is 0 Å². The third-order valence-electron chi connectivity index (χ3n) is 5.72. The molecule has 0 bridgehead atoms. The third kappa shape index (κ3) is 2.99. The molecule has 0 fully saturated rings. The van der Waals surface area contributed by atoms with Crippen molar-refractivity contribution in [1.29, 1.82) is 0 Å². The first-order valence-corrected chi connectivity index (χ1v) is 10.4. The molecule has 0 aliphatic carbocycles. The van der Waals surface area contributed by atoms with Gasteiger partial charge in [0.05, 0.1) is 11.2 Å². The van der Waals surface area contributed by atoms with Crippen LogP contribution in [0.1, 0.15) is 0 Å². The van der Waals surface area contributed by atoms with Crippen LogP contribution in [0.15, 0.2) is 116 Å². The molecule has 0 radical (unpaired) electrons. The Labute approximate surface area is 180 Å². The Morgan fingerprint density at radius 3 is 2.23 bits per heavy atom. The highest BCUT2D eigenvalue weighted by Crippen LogP contribution is 2.36. The highest BCUT2D eigenvalue weighted by Gasteiger charge is 2.16. The van der Waals surface area contributed by atoms with Crippen molar-refractivity contribution in [2.45, 2.75) is 0 Å². The van der Waals surface area contributed by atoms with Crippen LogP contribution in [-0.4, -0.2) is 14.8 Å². The number of fused-ring (bicyclic) bond motifs is 3. The molecule has 2 heterocycles. The lowest BCUT2D eigenvalue weighted by Gasteiger charge is -2.05. The zero-order valence-corrected chi connectivity index (χ0v) is 16.8. The van der Waals surface area contributed by atoms with Gasteiger partial charge in [-0.05, 0) is 58.3 Å². The first-order chi connectivity index (χ1) is 15.4. The third-order valence-corrected chi connectivity index (χ3v) is 5.72. The fraction of sp³-hybridized carbons (Fsp3) is 0. The number of rotatable bonds is 3. The van der Waals surface area contributed by atoms with Gasteiger partial charge in [0, 0.05) is 23.3 Å². The van der Waals surface area contributed by atoms with Gasteiger partial charge in [-0.15, -0.1) is 0 Å². The average molecular weight is 397 g/mol. The molecule has 4 aromatic carbocycles. The van der Waals surface area contributed by atoms with E-state index in [2.05, 4.69) is 82.5 Å². The lowest BCUT2D eigenvalue weighted by Crippen LogP contribution is -1.95. The van der Waals surface area contributed by atoms with Crippen molar-refractivity contribution in [2.75, 3.05) is 0 Å². The van der Waals surface area contributed by atoms with Crippen LogP contribution >= 0.6 is 0 Å². The molecule has 0 amide bonds. The van der Waals surface area contributed by atoms with Gasteiger partial charge in [-0.1, -0.05) is 66.7 Å². The first kappa shape index (κ1) is 17.6. The molecule has 0 saturated heterocycles. The molecule has 3 heteroatoms. The van der Waals surface area contributed by atoms with Gasteiger partial charge in [-0.25, -0.2) is 4.68 Å². The van der Waals surface area contributed by atoms with Crippen molar-refractivity contribution in [1.82, 2.24) is 14.8 Å². The zero-order chi connectivity index (χ0) is 20.6. The summed E-state index contributed by atoms with van der Waals surface area (Å²) in [6, 6.07) is 35.9. The number of para-hydroxylation sites is 1. The highest BCUT2D eigenvalue weighted by atomic mass is 15.3. The topological polar surface area (TPSA) is 30.7 Å². The molecule has 0 unspecified atom stereocenters. The molecule has 0 atom stereocenters. The molecule has 6 aromatic rings. The summed E-state index contributed by atoms with van der Waals surface area (Å²) >= 11 is 0. The number of hydrogen-bond donors (Lipinski definition) is 0. The maximum atomic E-state index is 5.12. The molecular formula is C28H19N3. The van der Waals surface area contributed by atoms with Crippen molar-refractivity contribution in [3.05, 3.63) is 116 Å². The minimum Gasteiger partial charge on any atom is -0.265 e. The number of benzene rings is 4. The predicted octanol–water partition coefficient (Wildman–Crippen LogP) is 6.91. The van der Waals surface area contributed by atoms with E-state index in [1.807, 2.05) is 42.7 Å². The fourth-order valence-electron chi connectivity index (χ4n) is 4.25. The van der Waals surface area contributed by atoms with Crippen LogP contribution in [0, 0.1) is 0 Å². The lowest BCUT2D eigenvalue weighted by atomic mass is 9.98. The van der Waals surface area contributed by atoms with E-state index < -0.39 is 0 Å². The minimum absolute atomic E-state index is 0.992. The summed E-state index contributed by atoms with van der Waals surface area (Å²) in [6.45, 7) is 0. The maximum Gasteiger partial charge on any atom is 0.101 e. The van der Waals surface area contributed by atoms with Crippen molar-refractivity contribution >= 4 is 21.7 Å². The van der Waals surface area contributed by atoms with E-state index in [4.69, 9.17) is 5.10 Å². The van der Waals surface area contributed by atoms with Crippen LogP contribution in [0.25, 0.3) is 49.7 Å². The van der Waals surface area contributed by atoms with Crippen molar-refractivity contribution < 1.29 is 0 Å². The SMILES string of the molecule is c1ccc(-n2nc(-c3cccc(-c4ccncc4)c3)c3c4ccccc4ccc32)cc1. The van der Waals surface area contributed by atoms with E-state index in [1.165, 1.54) is 16.2 Å². The molecule has 0 aliphatic rings. The van der Waals surface area contributed by atoms with Gasteiger partial charge in [-0.2, -0.15) is 5.10 Å². The molecule has 0 spiro atoms. The molecule has 0 saturated carbocycles.